The van der Waals surface area contributed by atoms with Crippen molar-refractivity contribution in [1.29, 1.82) is 0 Å². The van der Waals surface area contributed by atoms with E-state index in [1.807, 2.05) is 78.0 Å². The number of carbonyl (C=O) groups is 1. The standard InChI is InChI=1S/C23H24O2.C10H12O2.C3H6.C2H6/c1-6-17(18-10-8-7-9-16(18)5)22-13-21(24)20-12-15(4)11-19(14(2)3)23(20)25-22;1-2-5-8-6-3-4-7-9(8)10(11)12;1-3-2;1-2/h6-14H,1-5H3;3-4,6-7H,2,5H2,1H3,(H,11,12);3H,1H2,2H3;1-2H3/b17-6+;;;. The molecule has 0 amide bonds. The van der Waals surface area contributed by atoms with Crippen molar-refractivity contribution in [3.63, 3.8) is 0 Å². The van der Waals surface area contributed by atoms with Gasteiger partial charge in [0.15, 0.2) is 5.43 Å². The highest BCUT2D eigenvalue weighted by Crippen LogP contribution is 2.31. The maximum absolute atomic E-state index is 12.8. The van der Waals surface area contributed by atoms with Crippen molar-refractivity contribution in [2.75, 3.05) is 0 Å². The van der Waals surface area contributed by atoms with E-state index in [-0.39, 0.29) is 11.3 Å². The molecule has 42 heavy (non-hydrogen) atoms. The van der Waals surface area contributed by atoms with E-state index < -0.39 is 5.97 Å². The van der Waals surface area contributed by atoms with E-state index in [4.69, 9.17) is 9.52 Å². The highest BCUT2D eigenvalue weighted by atomic mass is 16.4. The molecule has 224 valence electrons. The normalized spacial score (nSPS) is 10.5. The third-order valence-corrected chi connectivity index (χ3v) is 6.38. The fraction of sp³-hybridized carbons (Fsp3) is 0.316. The first-order chi connectivity index (χ1) is 20.1. The molecule has 0 bridgehead atoms. The average molecular weight is 569 g/mol. The smallest absolute Gasteiger partial charge is 0.335 e. The summed E-state index contributed by atoms with van der Waals surface area (Å²) in [5, 5.41) is 9.45. The number of carboxylic acids is 1. The van der Waals surface area contributed by atoms with Crippen LogP contribution in [0.1, 0.15) is 105 Å². The van der Waals surface area contributed by atoms with E-state index in [1.165, 1.54) is 0 Å². The zero-order valence-corrected chi connectivity index (χ0v) is 26.9. The van der Waals surface area contributed by atoms with E-state index >= 15 is 0 Å². The molecular weight excluding hydrogens is 520 g/mol. The van der Waals surface area contributed by atoms with Crippen LogP contribution < -0.4 is 5.43 Å². The van der Waals surface area contributed by atoms with Gasteiger partial charge in [-0.15, -0.1) is 6.58 Å². The van der Waals surface area contributed by atoms with Crippen LogP contribution in [-0.2, 0) is 6.42 Å². The Morgan fingerprint density at radius 2 is 1.52 bits per heavy atom. The number of allylic oxidation sites excluding steroid dienone is 2. The second kappa shape index (κ2) is 18.3. The van der Waals surface area contributed by atoms with E-state index in [2.05, 4.69) is 45.5 Å². The first kappa shape index (κ1) is 35.8. The topological polar surface area (TPSA) is 67.5 Å². The summed E-state index contributed by atoms with van der Waals surface area (Å²) in [6.45, 7) is 21.6. The summed E-state index contributed by atoms with van der Waals surface area (Å²) in [6, 6.07) is 20.9. The van der Waals surface area contributed by atoms with E-state index in [9.17, 15) is 9.59 Å². The second-order valence-corrected chi connectivity index (χ2v) is 10.00. The fourth-order valence-electron chi connectivity index (χ4n) is 4.52. The average Bonchev–Trinajstić information content (AvgIpc) is 2.97. The van der Waals surface area contributed by atoms with Crippen LogP contribution in [0.15, 0.2) is 94.7 Å². The van der Waals surface area contributed by atoms with Gasteiger partial charge >= 0.3 is 5.97 Å². The maximum Gasteiger partial charge on any atom is 0.335 e. The zero-order valence-electron chi connectivity index (χ0n) is 26.9. The number of carboxylic acid groups (broad SMARTS) is 1. The molecule has 4 rings (SSSR count). The third-order valence-electron chi connectivity index (χ3n) is 6.38. The molecule has 1 heterocycles. The van der Waals surface area contributed by atoms with Crippen LogP contribution >= 0.6 is 0 Å². The Balaban J connectivity index is 0.000000434. The van der Waals surface area contributed by atoms with Crippen LogP contribution in [0.3, 0.4) is 0 Å². The Hall–Kier alpha value is -4.18. The van der Waals surface area contributed by atoms with Crippen molar-refractivity contribution >= 4 is 22.5 Å². The van der Waals surface area contributed by atoms with Crippen LogP contribution in [0, 0.1) is 13.8 Å². The van der Waals surface area contributed by atoms with Gasteiger partial charge in [0.05, 0.1) is 10.9 Å². The number of benzene rings is 3. The van der Waals surface area contributed by atoms with E-state index in [1.54, 1.807) is 24.3 Å². The Kier molecular flexibility index (Phi) is 15.6. The molecule has 1 N–H and O–H groups in total. The molecule has 0 unspecified atom stereocenters. The monoisotopic (exact) mass is 568 g/mol. The van der Waals surface area contributed by atoms with Crippen molar-refractivity contribution in [2.45, 2.75) is 81.1 Å². The molecule has 0 aliphatic heterocycles. The van der Waals surface area contributed by atoms with E-state index in [0.717, 1.165) is 46.2 Å². The van der Waals surface area contributed by atoms with Gasteiger partial charge in [0.1, 0.15) is 11.3 Å². The number of aromatic carboxylic acids is 1. The number of rotatable bonds is 6. The molecule has 4 heteroatoms. The summed E-state index contributed by atoms with van der Waals surface area (Å²) in [5.41, 5.74) is 7.43. The lowest BCUT2D eigenvalue weighted by Crippen LogP contribution is -2.05. The minimum absolute atomic E-state index is 0.00906. The molecule has 0 aliphatic rings. The van der Waals surface area contributed by atoms with Crippen LogP contribution in [0.4, 0.5) is 0 Å². The van der Waals surface area contributed by atoms with Crippen molar-refractivity contribution in [3.8, 4) is 0 Å². The van der Waals surface area contributed by atoms with Crippen LogP contribution in [-0.4, -0.2) is 11.1 Å². The first-order valence-corrected chi connectivity index (χ1v) is 14.8. The van der Waals surface area contributed by atoms with Gasteiger partial charge in [0, 0.05) is 11.6 Å². The Bertz CT molecular complexity index is 1540. The first-order valence-electron chi connectivity index (χ1n) is 14.8. The summed E-state index contributed by atoms with van der Waals surface area (Å²) >= 11 is 0. The predicted octanol–water partition coefficient (Wildman–Crippen LogP) is 10.5. The van der Waals surface area contributed by atoms with Gasteiger partial charge in [0.2, 0.25) is 0 Å². The second-order valence-electron chi connectivity index (χ2n) is 10.00. The molecule has 0 saturated heterocycles. The summed E-state index contributed by atoms with van der Waals surface area (Å²) < 4.78 is 6.28. The quantitative estimate of drug-likeness (QED) is 0.235. The maximum atomic E-state index is 12.8. The van der Waals surface area contributed by atoms with Gasteiger partial charge in [-0.1, -0.05) is 102 Å². The fourth-order valence-corrected chi connectivity index (χ4v) is 4.52. The molecular formula is C38H48O4. The third kappa shape index (κ3) is 9.73. The van der Waals surface area contributed by atoms with Crippen molar-refractivity contribution < 1.29 is 14.3 Å². The zero-order chi connectivity index (χ0) is 31.8. The summed E-state index contributed by atoms with van der Waals surface area (Å²) in [4.78, 5) is 23.5. The molecule has 0 saturated carbocycles. The number of hydrogen-bond acceptors (Lipinski definition) is 3. The Morgan fingerprint density at radius 1 is 0.952 bits per heavy atom. The van der Waals surface area contributed by atoms with Crippen molar-refractivity contribution in [1.82, 2.24) is 0 Å². The highest BCUT2D eigenvalue weighted by Gasteiger charge is 2.16. The lowest BCUT2D eigenvalue weighted by Gasteiger charge is -2.14. The number of aryl methyl sites for hydroxylation is 3. The number of fused-ring (bicyclic) bond motifs is 1. The van der Waals surface area contributed by atoms with Gasteiger partial charge in [-0.3, -0.25) is 4.79 Å². The van der Waals surface area contributed by atoms with Gasteiger partial charge in [-0.2, -0.15) is 0 Å². The molecule has 0 atom stereocenters. The molecule has 0 aliphatic carbocycles. The molecule has 0 radical (unpaired) electrons. The number of hydrogen-bond donors (Lipinski definition) is 1. The SMILES string of the molecule is C/C=C(/c1cc(=O)c2cc(C)cc(C(C)C)c2o1)c1ccccc1C.C=CC.CC.CCCc1ccccc1C(=O)O. The van der Waals surface area contributed by atoms with Crippen LogP contribution in [0.25, 0.3) is 16.5 Å². The van der Waals surface area contributed by atoms with Crippen molar-refractivity contribution in [3.05, 3.63) is 135 Å². The van der Waals surface area contributed by atoms with Gasteiger partial charge < -0.3 is 9.52 Å². The van der Waals surface area contributed by atoms with Gasteiger partial charge in [-0.05, 0) is 80.0 Å². The predicted molar refractivity (Wildman–Crippen MR) is 180 cm³/mol. The molecule has 1 aromatic heterocycles. The van der Waals surface area contributed by atoms with E-state index in [0.29, 0.717) is 22.3 Å². The molecule has 0 spiro atoms. The molecule has 4 nitrogen and oxygen atoms in total. The van der Waals surface area contributed by atoms with Gasteiger partial charge in [0.25, 0.3) is 0 Å². The van der Waals surface area contributed by atoms with Crippen LogP contribution in [0.2, 0.25) is 0 Å². The largest absolute Gasteiger partial charge is 0.478 e. The summed E-state index contributed by atoms with van der Waals surface area (Å²) in [5.74, 6) is 0.0763. The minimum atomic E-state index is -0.834. The Morgan fingerprint density at radius 3 is 2.05 bits per heavy atom. The summed E-state index contributed by atoms with van der Waals surface area (Å²) in [7, 11) is 0. The summed E-state index contributed by atoms with van der Waals surface area (Å²) in [6.07, 6.45) is 5.57. The molecule has 4 aromatic rings. The van der Waals surface area contributed by atoms with Gasteiger partial charge in [-0.25, -0.2) is 4.79 Å². The van der Waals surface area contributed by atoms with Crippen LogP contribution in [0.5, 0.6) is 0 Å². The minimum Gasteiger partial charge on any atom is -0.478 e. The lowest BCUT2D eigenvalue weighted by molar-refractivity contribution is 0.0695. The highest BCUT2D eigenvalue weighted by molar-refractivity contribution is 5.89. The lowest BCUT2D eigenvalue weighted by atomic mass is 9.96. The molecule has 0 fully saturated rings. The van der Waals surface area contributed by atoms with Crippen molar-refractivity contribution in [2.24, 2.45) is 0 Å². The Labute approximate surface area is 252 Å². The molecule has 3 aromatic carbocycles.